The lowest BCUT2D eigenvalue weighted by atomic mass is 10.0. The molecule has 0 aliphatic carbocycles. The van der Waals surface area contributed by atoms with E-state index in [1.807, 2.05) is 50.3 Å². The summed E-state index contributed by atoms with van der Waals surface area (Å²) in [5.74, 6) is 1.69. The number of carbonyl (C=O) groups excluding carboxylic acids is 1. The maximum Gasteiger partial charge on any atom is 0.161 e. The lowest BCUT2D eigenvalue weighted by Gasteiger charge is -2.28. The van der Waals surface area contributed by atoms with Gasteiger partial charge in [0.1, 0.15) is 41.2 Å². The average Bonchev–Trinajstić information content (AvgIpc) is 3.29. The number of aromatic nitrogens is 1. The number of rotatable bonds is 6. The highest BCUT2D eigenvalue weighted by Crippen LogP contribution is 2.38. The van der Waals surface area contributed by atoms with Gasteiger partial charge < -0.3 is 24.1 Å². The Kier molecular flexibility index (Phi) is 7.64. The third-order valence-electron chi connectivity index (χ3n) is 5.49. The van der Waals surface area contributed by atoms with Crippen LogP contribution in [0.5, 0.6) is 11.5 Å². The molecule has 5 rings (SSSR count). The number of furan rings is 1. The number of ether oxygens (including phenoxy) is 2. The molecule has 8 heteroatoms. The number of fused-ring (bicyclic) bond motifs is 1. The summed E-state index contributed by atoms with van der Waals surface area (Å²) in [6.45, 7) is 1.56. The third kappa shape index (κ3) is 5.38. The van der Waals surface area contributed by atoms with E-state index in [1.165, 1.54) is 0 Å². The summed E-state index contributed by atoms with van der Waals surface area (Å²) >= 11 is 0. The van der Waals surface area contributed by atoms with E-state index in [4.69, 9.17) is 13.9 Å². The van der Waals surface area contributed by atoms with Crippen molar-refractivity contribution in [1.29, 1.82) is 5.26 Å². The van der Waals surface area contributed by atoms with E-state index < -0.39 is 0 Å². The van der Waals surface area contributed by atoms with Gasteiger partial charge in [-0.05, 0) is 57.0 Å². The Bertz CT molecular complexity index is 1410. The molecular formula is C28H28N4O4. The van der Waals surface area contributed by atoms with Crippen LogP contribution >= 0.6 is 0 Å². The van der Waals surface area contributed by atoms with Crippen LogP contribution in [0.4, 0.5) is 0 Å². The van der Waals surface area contributed by atoms with Crippen molar-refractivity contribution < 1.29 is 18.7 Å². The second-order valence-electron chi connectivity index (χ2n) is 8.82. The van der Waals surface area contributed by atoms with E-state index >= 15 is 0 Å². The van der Waals surface area contributed by atoms with Crippen molar-refractivity contribution in [3.8, 4) is 40.0 Å². The van der Waals surface area contributed by atoms with Crippen LogP contribution in [0.1, 0.15) is 15.9 Å². The second kappa shape index (κ2) is 11.0. The van der Waals surface area contributed by atoms with Crippen LogP contribution < -0.4 is 14.8 Å². The van der Waals surface area contributed by atoms with Crippen molar-refractivity contribution in [3.63, 3.8) is 0 Å². The molecule has 0 radical (unpaired) electrons. The van der Waals surface area contributed by atoms with E-state index in [-0.39, 0.29) is 6.10 Å². The molecule has 36 heavy (non-hydrogen) atoms. The first-order valence-electron chi connectivity index (χ1n) is 11.5. The van der Waals surface area contributed by atoms with Gasteiger partial charge in [-0.2, -0.15) is 5.26 Å². The Hall–Kier alpha value is -4.19. The lowest BCUT2D eigenvalue weighted by molar-refractivity contribution is 0.112. The molecule has 0 bridgehead atoms. The fraction of sp³-hybridized carbons (Fsp3) is 0.250. The molecule has 2 aromatic carbocycles. The molecule has 1 aliphatic rings. The first kappa shape index (κ1) is 24.9. The third-order valence-corrected chi connectivity index (χ3v) is 5.49. The topological polar surface area (TPSA) is 101 Å². The number of nitrogens with one attached hydrogen (secondary N) is 1. The summed E-state index contributed by atoms with van der Waals surface area (Å²) in [4.78, 5) is 17.5. The number of nitriles is 1. The van der Waals surface area contributed by atoms with Gasteiger partial charge in [0.2, 0.25) is 0 Å². The van der Waals surface area contributed by atoms with E-state index in [0.29, 0.717) is 39.5 Å². The summed E-state index contributed by atoms with van der Waals surface area (Å²) in [5.41, 5.74) is 4.64. The summed E-state index contributed by atoms with van der Waals surface area (Å²) in [7, 11) is 7.55. The molecule has 0 saturated carbocycles. The Morgan fingerprint density at radius 2 is 1.86 bits per heavy atom. The molecule has 1 fully saturated rings. The quantitative estimate of drug-likeness (QED) is 0.403. The van der Waals surface area contributed by atoms with Gasteiger partial charge in [-0.15, -0.1) is 0 Å². The number of pyridine rings is 1. The first-order chi connectivity index (χ1) is 17.4. The molecule has 0 unspecified atom stereocenters. The van der Waals surface area contributed by atoms with Gasteiger partial charge in [0, 0.05) is 36.5 Å². The molecule has 184 valence electrons. The molecule has 0 spiro atoms. The summed E-state index contributed by atoms with van der Waals surface area (Å²) < 4.78 is 17.5. The molecular weight excluding hydrogens is 456 g/mol. The predicted octanol–water partition coefficient (Wildman–Crippen LogP) is 4.38. The fourth-order valence-electron chi connectivity index (χ4n) is 3.70. The van der Waals surface area contributed by atoms with Gasteiger partial charge in [-0.3, -0.25) is 9.78 Å². The second-order valence-corrected chi connectivity index (χ2v) is 8.82. The van der Waals surface area contributed by atoms with Gasteiger partial charge >= 0.3 is 0 Å². The number of benzene rings is 2. The van der Waals surface area contributed by atoms with Crippen molar-refractivity contribution in [2.45, 2.75) is 6.10 Å². The molecule has 4 aromatic rings. The number of hydrogen-bond donors (Lipinski definition) is 1. The highest BCUT2D eigenvalue weighted by molar-refractivity contribution is 5.93. The van der Waals surface area contributed by atoms with Crippen LogP contribution in [0, 0.1) is 11.3 Å². The van der Waals surface area contributed by atoms with Gasteiger partial charge in [0.15, 0.2) is 5.58 Å². The molecule has 2 aromatic heterocycles. The van der Waals surface area contributed by atoms with Gasteiger partial charge in [-0.25, -0.2) is 0 Å². The lowest BCUT2D eigenvalue weighted by Crippen LogP contribution is -2.50. The highest BCUT2D eigenvalue weighted by Gasteiger charge is 2.21. The van der Waals surface area contributed by atoms with Gasteiger partial charge in [-0.1, -0.05) is 12.1 Å². The average molecular weight is 485 g/mol. The van der Waals surface area contributed by atoms with E-state index in [1.54, 1.807) is 37.6 Å². The Balaban J connectivity index is 0.000000709. The van der Waals surface area contributed by atoms with Crippen LogP contribution in [-0.4, -0.2) is 63.6 Å². The number of methoxy groups -OCH3 is 1. The van der Waals surface area contributed by atoms with E-state index in [9.17, 15) is 10.1 Å². The number of nitrogens with zero attached hydrogens (tertiary/aromatic N) is 3. The van der Waals surface area contributed by atoms with Crippen LogP contribution in [-0.2, 0) is 0 Å². The molecule has 0 amide bonds. The Labute approximate surface area is 210 Å². The van der Waals surface area contributed by atoms with Crippen LogP contribution in [0.15, 0.2) is 59.1 Å². The monoisotopic (exact) mass is 484 g/mol. The minimum absolute atomic E-state index is 0.0915. The van der Waals surface area contributed by atoms with Crippen molar-refractivity contribution in [2.24, 2.45) is 0 Å². The minimum atomic E-state index is 0.0915. The zero-order valence-electron chi connectivity index (χ0n) is 20.7. The number of hydrogen-bond acceptors (Lipinski definition) is 8. The predicted molar refractivity (Wildman–Crippen MR) is 138 cm³/mol. The van der Waals surface area contributed by atoms with E-state index in [2.05, 4.69) is 16.4 Å². The molecule has 3 heterocycles. The Morgan fingerprint density at radius 3 is 2.50 bits per heavy atom. The minimum Gasteiger partial charge on any atom is -0.496 e. The zero-order chi connectivity index (χ0) is 25.7. The largest absolute Gasteiger partial charge is 0.496 e. The molecule has 0 atom stereocenters. The number of carbonyl (C=O) groups is 1. The van der Waals surface area contributed by atoms with Crippen molar-refractivity contribution in [1.82, 2.24) is 15.2 Å². The van der Waals surface area contributed by atoms with Crippen molar-refractivity contribution in [3.05, 3.63) is 65.9 Å². The summed E-state index contributed by atoms with van der Waals surface area (Å²) in [6.07, 6.45) is 2.57. The maximum absolute atomic E-state index is 11.1. The van der Waals surface area contributed by atoms with Gasteiger partial charge in [0.05, 0.1) is 18.2 Å². The van der Waals surface area contributed by atoms with Crippen LogP contribution in [0.25, 0.3) is 33.6 Å². The highest BCUT2D eigenvalue weighted by atomic mass is 16.5. The van der Waals surface area contributed by atoms with E-state index in [0.717, 1.165) is 36.1 Å². The summed E-state index contributed by atoms with van der Waals surface area (Å²) in [6, 6.07) is 16.6. The SMILES string of the molecule is CN(C)C.COc1cc(C=O)ccc1-c1cc2nccc(-c3ccc(OC4CNC4)c(C#N)c3)c2o1. The standard InChI is InChI=1S/C25H19N3O4.C3H9N/c1-30-23-8-15(14-29)2-4-20(23)24-10-21-25(32-24)19(6-7-28-21)16-3-5-22(17(9-16)11-26)31-18-12-27-13-18;1-4(2)3/h2-10,14,18,27H,12-13H2,1H3;1-3H3. The van der Waals surface area contributed by atoms with Crippen molar-refractivity contribution in [2.75, 3.05) is 41.3 Å². The molecule has 1 aliphatic heterocycles. The molecule has 1 saturated heterocycles. The van der Waals surface area contributed by atoms with Crippen molar-refractivity contribution >= 4 is 17.4 Å². The summed E-state index contributed by atoms with van der Waals surface area (Å²) in [5, 5.41) is 12.8. The Morgan fingerprint density at radius 1 is 1.08 bits per heavy atom. The first-order valence-corrected chi connectivity index (χ1v) is 11.5. The molecule has 1 N–H and O–H groups in total. The zero-order valence-corrected chi connectivity index (χ0v) is 20.7. The maximum atomic E-state index is 11.1. The molecule has 8 nitrogen and oxygen atoms in total. The van der Waals surface area contributed by atoms with Crippen LogP contribution in [0.3, 0.4) is 0 Å². The fourth-order valence-corrected chi connectivity index (χ4v) is 3.70. The normalized spacial score (nSPS) is 12.9. The van der Waals surface area contributed by atoms with Gasteiger partial charge in [0.25, 0.3) is 0 Å². The smallest absolute Gasteiger partial charge is 0.161 e. The number of aldehydes is 1. The van der Waals surface area contributed by atoms with Crippen LogP contribution in [0.2, 0.25) is 0 Å².